The van der Waals surface area contributed by atoms with E-state index in [1.54, 1.807) is 17.7 Å². The highest BCUT2D eigenvalue weighted by molar-refractivity contribution is 7.18. The fraction of sp³-hybridized carbons (Fsp3) is 0.278. The summed E-state index contributed by atoms with van der Waals surface area (Å²) in [5.41, 5.74) is 1.99. The lowest BCUT2D eigenvalue weighted by Crippen LogP contribution is -2.44. The van der Waals surface area contributed by atoms with E-state index in [0.29, 0.717) is 0 Å². The molecule has 1 aliphatic rings. The van der Waals surface area contributed by atoms with E-state index >= 15 is 0 Å². The number of aromatic nitrogens is 4. The number of hydrogen-bond donors (Lipinski definition) is 1. The third-order valence-electron chi connectivity index (χ3n) is 4.88. The highest BCUT2D eigenvalue weighted by Gasteiger charge is 2.21. The Balaban J connectivity index is 1.76. The molecule has 1 aliphatic heterocycles. The number of rotatable bonds is 2. The van der Waals surface area contributed by atoms with Crippen molar-refractivity contribution in [1.82, 2.24) is 25.1 Å². The number of aromatic amines is 1. The minimum Gasteiger partial charge on any atom is -0.353 e. The predicted molar refractivity (Wildman–Crippen MR) is 102 cm³/mol. The zero-order valence-corrected chi connectivity index (χ0v) is 14.8. The number of H-pyrrole nitrogens is 1. The van der Waals surface area contributed by atoms with Crippen molar-refractivity contribution in [2.45, 2.75) is 0 Å². The number of pyridine rings is 1. The average molecular weight is 350 g/mol. The summed E-state index contributed by atoms with van der Waals surface area (Å²) >= 11 is 1.78. The van der Waals surface area contributed by atoms with Crippen LogP contribution < -0.4 is 4.90 Å². The van der Waals surface area contributed by atoms with Gasteiger partial charge in [0.2, 0.25) is 0 Å². The molecule has 5 rings (SSSR count). The number of piperazine rings is 1. The third-order valence-corrected chi connectivity index (χ3v) is 5.83. The van der Waals surface area contributed by atoms with Crippen LogP contribution in [0.5, 0.6) is 0 Å². The van der Waals surface area contributed by atoms with Crippen LogP contribution in [0, 0.1) is 0 Å². The number of para-hydroxylation sites is 1. The maximum Gasteiger partial charge on any atom is 0.163 e. The number of benzene rings is 1. The Hall–Kier alpha value is -2.51. The minimum atomic E-state index is 0.762. The molecule has 0 spiro atoms. The minimum absolute atomic E-state index is 0.762. The third kappa shape index (κ3) is 2.39. The maximum absolute atomic E-state index is 5.11. The lowest BCUT2D eigenvalue weighted by molar-refractivity contribution is 0.312. The molecule has 4 aromatic rings. The largest absolute Gasteiger partial charge is 0.353 e. The van der Waals surface area contributed by atoms with Gasteiger partial charge < -0.3 is 14.8 Å². The highest BCUT2D eigenvalue weighted by atomic mass is 32.1. The smallest absolute Gasteiger partial charge is 0.163 e. The van der Waals surface area contributed by atoms with Crippen LogP contribution in [0.15, 0.2) is 36.0 Å². The summed E-state index contributed by atoms with van der Waals surface area (Å²) in [6, 6.07) is 8.47. The standard InChI is InChI=1S/C18H18N6S/c1-23-6-8-24(9-7-23)18-14-5-10-25-16(14)12-3-2-4-13(15(12)21-18)17-19-11-20-22-17/h2-5,10-11H,6-9H2,1H3,(H,19,20,22). The zero-order chi connectivity index (χ0) is 16.8. The van der Waals surface area contributed by atoms with Crippen LogP contribution in [-0.2, 0) is 0 Å². The molecule has 0 saturated carbocycles. The summed E-state index contributed by atoms with van der Waals surface area (Å²) < 4.78 is 1.29. The zero-order valence-electron chi connectivity index (χ0n) is 13.9. The number of nitrogens with zero attached hydrogens (tertiary/aromatic N) is 5. The molecule has 1 aromatic carbocycles. The van der Waals surface area contributed by atoms with Crippen LogP contribution in [0.3, 0.4) is 0 Å². The van der Waals surface area contributed by atoms with Gasteiger partial charge >= 0.3 is 0 Å². The van der Waals surface area contributed by atoms with Crippen LogP contribution in [0.2, 0.25) is 0 Å². The molecule has 0 bridgehead atoms. The van der Waals surface area contributed by atoms with Crippen molar-refractivity contribution in [2.75, 3.05) is 38.1 Å². The SMILES string of the molecule is CN1CCN(c2nc3c(-c4nnc[nH]4)cccc3c3sccc23)CC1. The quantitative estimate of drug-likeness (QED) is 0.602. The van der Waals surface area contributed by atoms with Gasteiger partial charge in [-0.3, -0.25) is 0 Å². The van der Waals surface area contributed by atoms with Gasteiger partial charge in [0.25, 0.3) is 0 Å². The van der Waals surface area contributed by atoms with E-state index in [2.05, 4.69) is 61.7 Å². The van der Waals surface area contributed by atoms with Crippen molar-refractivity contribution in [3.8, 4) is 11.4 Å². The molecule has 0 atom stereocenters. The molecular weight excluding hydrogens is 332 g/mol. The van der Waals surface area contributed by atoms with Crippen molar-refractivity contribution < 1.29 is 0 Å². The fourth-order valence-electron chi connectivity index (χ4n) is 3.49. The normalized spacial score (nSPS) is 16.1. The Kier molecular flexibility index (Phi) is 3.43. The van der Waals surface area contributed by atoms with Gasteiger partial charge in [-0.05, 0) is 24.6 Å². The Morgan fingerprint density at radius 1 is 1.08 bits per heavy atom. The molecule has 0 aliphatic carbocycles. The molecule has 4 heterocycles. The van der Waals surface area contributed by atoms with Gasteiger partial charge in [0.05, 0.1) is 5.52 Å². The molecule has 0 unspecified atom stereocenters. The fourth-order valence-corrected chi connectivity index (χ4v) is 4.41. The Morgan fingerprint density at radius 3 is 2.76 bits per heavy atom. The van der Waals surface area contributed by atoms with Crippen molar-refractivity contribution in [3.05, 3.63) is 36.0 Å². The van der Waals surface area contributed by atoms with Gasteiger partial charge in [-0.15, -0.1) is 21.5 Å². The molecule has 126 valence electrons. The molecular formula is C18H18N6S. The summed E-state index contributed by atoms with van der Waals surface area (Å²) in [4.78, 5) is 13.0. The Labute approximate surface area is 149 Å². The number of thiophene rings is 1. The van der Waals surface area contributed by atoms with E-state index in [1.807, 2.05) is 0 Å². The van der Waals surface area contributed by atoms with E-state index in [4.69, 9.17) is 4.98 Å². The molecule has 7 heteroatoms. The Morgan fingerprint density at radius 2 is 1.96 bits per heavy atom. The first-order valence-electron chi connectivity index (χ1n) is 8.41. The number of hydrogen-bond acceptors (Lipinski definition) is 6. The average Bonchev–Trinajstić information content (AvgIpc) is 3.33. The van der Waals surface area contributed by atoms with Crippen molar-refractivity contribution in [2.24, 2.45) is 0 Å². The monoisotopic (exact) mass is 350 g/mol. The van der Waals surface area contributed by atoms with Crippen molar-refractivity contribution in [1.29, 1.82) is 0 Å². The molecule has 1 N–H and O–H groups in total. The summed E-state index contributed by atoms with van der Waals surface area (Å²) in [5.74, 6) is 1.85. The summed E-state index contributed by atoms with van der Waals surface area (Å²) in [6.45, 7) is 4.14. The molecule has 6 nitrogen and oxygen atoms in total. The molecule has 1 saturated heterocycles. The first kappa shape index (κ1) is 14.8. The lowest BCUT2D eigenvalue weighted by Gasteiger charge is -2.33. The first-order chi connectivity index (χ1) is 12.3. The molecule has 0 radical (unpaired) electrons. The second kappa shape index (κ2) is 5.79. The van der Waals surface area contributed by atoms with E-state index < -0.39 is 0 Å². The molecule has 3 aromatic heterocycles. The second-order valence-corrected chi connectivity index (χ2v) is 7.34. The summed E-state index contributed by atoms with van der Waals surface area (Å²) in [7, 11) is 2.17. The Bertz CT molecular complexity index is 1030. The van der Waals surface area contributed by atoms with Crippen molar-refractivity contribution >= 4 is 38.1 Å². The number of nitrogens with one attached hydrogen (secondary N) is 1. The molecule has 1 fully saturated rings. The number of likely N-dealkylation sites (N-methyl/N-ethyl adjacent to an activating group) is 1. The molecule has 25 heavy (non-hydrogen) atoms. The van der Waals surface area contributed by atoms with Gasteiger partial charge in [0.1, 0.15) is 12.1 Å². The summed E-state index contributed by atoms with van der Waals surface area (Å²) in [6.07, 6.45) is 1.61. The van der Waals surface area contributed by atoms with Gasteiger partial charge in [0.15, 0.2) is 5.82 Å². The highest BCUT2D eigenvalue weighted by Crippen LogP contribution is 2.38. The lowest BCUT2D eigenvalue weighted by atomic mass is 10.1. The van der Waals surface area contributed by atoms with E-state index in [0.717, 1.165) is 48.9 Å². The summed E-state index contributed by atoms with van der Waals surface area (Å²) in [5, 5.41) is 12.7. The second-order valence-electron chi connectivity index (χ2n) is 6.43. The van der Waals surface area contributed by atoms with Crippen LogP contribution in [0.25, 0.3) is 32.4 Å². The molecule has 0 amide bonds. The van der Waals surface area contributed by atoms with Gasteiger partial charge in [-0.2, -0.15) is 0 Å². The first-order valence-corrected chi connectivity index (χ1v) is 9.29. The van der Waals surface area contributed by atoms with Crippen LogP contribution in [-0.4, -0.2) is 58.3 Å². The van der Waals surface area contributed by atoms with Crippen LogP contribution >= 0.6 is 11.3 Å². The van der Waals surface area contributed by atoms with E-state index in [-0.39, 0.29) is 0 Å². The van der Waals surface area contributed by atoms with Gasteiger partial charge in [-0.1, -0.05) is 12.1 Å². The number of anilines is 1. The van der Waals surface area contributed by atoms with Gasteiger partial charge in [0, 0.05) is 47.2 Å². The van der Waals surface area contributed by atoms with Crippen LogP contribution in [0.1, 0.15) is 0 Å². The van der Waals surface area contributed by atoms with Crippen molar-refractivity contribution in [3.63, 3.8) is 0 Å². The number of fused-ring (bicyclic) bond motifs is 3. The van der Waals surface area contributed by atoms with E-state index in [1.165, 1.54) is 15.5 Å². The van der Waals surface area contributed by atoms with Crippen LogP contribution in [0.4, 0.5) is 5.82 Å². The maximum atomic E-state index is 5.11. The predicted octanol–water partition coefficient (Wildman–Crippen LogP) is 2.99. The van der Waals surface area contributed by atoms with E-state index in [9.17, 15) is 0 Å². The van der Waals surface area contributed by atoms with Gasteiger partial charge in [-0.25, -0.2) is 4.98 Å². The topological polar surface area (TPSA) is 60.9 Å².